The first kappa shape index (κ1) is 20.8. The van der Waals surface area contributed by atoms with Crippen LogP contribution >= 0.6 is 0 Å². The number of imidazole rings is 1. The maximum absolute atomic E-state index is 5.54. The van der Waals surface area contributed by atoms with Gasteiger partial charge in [-0.25, -0.2) is 9.50 Å². The molecule has 4 heterocycles. The van der Waals surface area contributed by atoms with E-state index in [1.54, 1.807) is 23.1 Å². The highest BCUT2D eigenvalue weighted by atomic mass is 16.5. The van der Waals surface area contributed by atoms with Gasteiger partial charge in [0.05, 0.1) is 37.0 Å². The van der Waals surface area contributed by atoms with Crippen molar-refractivity contribution in [2.45, 2.75) is 6.92 Å². The summed E-state index contributed by atoms with van der Waals surface area (Å²) >= 11 is 0. The van der Waals surface area contributed by atoms with Crippen molar-refractivity contribution >= 4 is 28.9 Å². The zero-order valence-corrected chi connectivity index (χ0v) is 18.5. The largest absolute Gasteiger partial charge is 0.378 e. The Labute approximate surface area is 192 Å². The monoisotopic (exact) mass is 439 g/mol. The van der Waals surface area contributed by atoms with E-state index in [9.17, 15) is 0 Å². The van der Waals surface area contributed by atoms with Crippen molar-refractivity contribution in [3.63, 3.8) is 0 Å². The quantitative estimate of drug-likeness (QED) is 0.360. The molecule has 0 aliphatic carbocycles. The van der Waals surface area contributed by atoms with E-state index in [1.807, 2.05) is 49.5 Å². The zero-order chi connectivity index (χ0) is 22.6. The van der Waals surface area contributed by atoms with Crippen LogP contribution in [0.1, 0.15) is 18.1 Å². The number of aromatic nitrogens is 4. The van der Waals surface area contributed by atoms with Crippen molar-refractivity contribution in [3.8, 4) is 11.3 Å². The van der Waals surface area contributed by atoms with E-state index in [1.165, 1.54) is 0 Å². The molecule has 5 rings (SSSR count). The predicted octanol–water partition coefficient (Wildman–Crippen LogP) is 4.11. The van der Waals surface area contributed by atoms with E-state index in [0.717, 1.165) is 52.4 Å². The molecule has 1 saturated heterocycles. The predicted molar refractivity (Wildman–Crippen MR) is 132 cm³/mol. The van der Waals surface area contributed by atoms with Crippen LogP contribution < -0.4 is 10.3 Å². The van der Waals surface area contributed by atoms with Crippen LogP contribution in [0.2, 0.25) is 0 Å². The number of nitrogens with zero attached hydrogens (tertiary/aromatic N) is 6. The van der Waals surface area contributed by atoms with Gasteiger partial charge >= 0.3 is 0 Å². The Hall–Kier alpha value is -4.04. The summed E-state index contributed by atoms with van der Waals surface area (Å²) in [6.07, 6.45) is 7.24. The molecule has 0 spiro atoms. The fraction of sp³-hybridized carbons (Fsp3) is 0.200. The minimum absolute atomic E-state index is 0.634. The second kappa shape index (κ2) is 9.22. The van der Waals surface area contributed by atoms with Gasteiger partial charge in [-0.3, -0.25) is 10.4 Å². The van der Waals surface area contributed by atoms with Crippen LogP contribution in [-0.4, -0.2) is 52.1 Å². The standard InChI is InChI=1S/C25H25N7O/c1-18(2)21-5-3-4-19(14-21)16-27-29-24-15-23(31-10-12-33-13-11-31)25-28-22(17-32(25)30-24)20-6-8-26-9-7-20/h3-9,14-17H,1,10-13H2,2H3,(H,29,30). The number of pyridine rings is 1. The molecule has 3 aromatic heterocycles. The smallest absolute Gasteiger partial charge is 0.177 e. The molecule has 0 unspecified atom stereocenters. The summed E-state index contributed by atoms with van der Waals surface area (Å²) < 4.78 is 7.35. The number of nitrogens with one attached hydrogen (secondary N) is 1. The first-order valence-corrected chi connectivity index (χ1v) is 10.9. The normalized spacial score (nSPS) is 14.2. The van der Waals surface area contributed by atoms with E-state index in [2.05, 4.69) is 33.1 Å². The summed E-state index contributed by atoms with van der Waals surface area (Å²) in [7, 11) is 0. The average molecular weight is 440 g/mol. The summed E-state index contributed by atoms with van der Waals surface area (Å²) in [6, 6.07) is 14.0. The second-order valence-electron chi connectivity index (χ2n) is 7.92. The third-order valence-corrected chi connectivity index (χ3v) is 5.51. The Morgan fingerprint density at radius 3 is 2.76 bits per heavy atom. The molecule has 33 heavy (non-hydrogen) atoms. The van der Waals surface area contributed by atoms with Crippen molar-refractivity contribution in [1.82, 2.24) is 19.6 Å². The lowest BCUT2D eigenvalue weighted by atomic mass is 10.1. The van der Waals surface area contributed by atoms with E-state index >= 15 is 0 Å². The molecule has 1 N–H and O–H groups in total. The molecule has 1 aliphatic rings. The minimum atomic E-state index is 0.634. The number of hydrogen-bond acceptors (Lipinski definition) is 7. The number of rotatable bonds is 6. The van der Waals surface area contributed by atoms with Gasteiger partial charge in [0, 0.05) is 37.1 Å². The molecule has 4 aromatic rings. The van der Waals surface area contributed by atoms with Gasteiger partial charge in [-0.1, -0.05) is 30.4 Å². The van der Waals surface area contributed by atoms with Crippen LogP contribution in [0.25, 0.3) is 22.5 Å². The maximum atomic E-state index is 5.54. The average Bonchev–Trinajstić information content (AvgIpc) is 3.29. The summed E-state index contributed by atoms with van der Waals surface area (Å²) in [5, 5.41) is 9.11. The lowest BCUT2D eigenvalue weighted by Crippen LogP contribution is -2.36. The van der Waals surface area contributed by atoms with Crippen molar-refractivity contribution in [2.75, 3.05) is 36.6 Å². The summed E-state index contributed by atoms with van der Waals surface area (Å²) in [4.78, 5) is 11.2. The van der Waals surface area contributed by atoms with Crippen LogP contribution in [0.5, 0.6) is 0 Å². The maximum Gasteiger partial charge on any atom is 0.177 e. The zero-order valence-electron chi connectivity index (χ0n) is 18.5. The summed E-state index contributed by atoms with van der Waals surface area (Å²) in [5.74, 6) is 0.634. The number of fused-ring (bicyclic) bond motifs is 1. The first-order chi connectivity index (χ1) is 16.2. The molecular formula is C25H25N7O. The third kappa shape index (κ3) is 4.61. The summed E-state index contributed by atoms with van der Waals surface area (Å²) in [6.45, 7) is 8.97. The van der Waals surface area contributed by atoms with Gasteiger partial charge in [-0.2, -0.15) is 5.10 Å². The Kier molecular flexibility index (Phi) is 5.82. The van der Waals surface area contributed by atoms with Crippen molar-refractivity contribution in [3.05, 3.63) is 78.8 Å². The minimum Gasteiger partial charge on any atom is -0.378 e. The fourth-order valence-electron chi connectivity index (χ4n) is 3.77. The molecule has 8 heteroatoms. The lowest BCUT2D eigenvalue weighted by molar-refractivity contribution is 0.123. The molecule has 166 valence electrons. The van der Waals surface area contributed by atoms with Gasteiger partial charge in [-0.15, -0.1) is 5.10 Å². The van der Waals surface area contributed by atoms with E-state index in [-0.39, 0.29) is 0 Å². The SMILES string of the molecule is C=C(C)c1cccc(C=NNc2cc(N3CCOCC3)c3nc(-c4ccncc4)cn3n2)c1. The van der Waals surface area contributed by atoms with Crippen LogP contribution in [0.3, 0.4) is 0 Å². The van der Waals surface area contributed by atoms with Crippen molar-refractivity contribution in [2.24, 2.45) is 5.10 Å². The number of ether oxygens (including phenoxy) is 1. The van der Waals surface area contributed by atoms with Crippen LogP contribution in [-0.2, 0) is 4.74 Å². The second-order valence-corrected chi connectivity index (χ2v) is 7.92. The lowest BCUT2D eigenvalue weighted by Gasteiger charge is -2.29. The van der Waals surface area contributed by atoms with Gasteiger partial charge in [0.1, 0.15) is 0 Å². The first-order valence-electron chi connectivity index (χ1n) is 10.9. The van der Waals surface area contributed by atoms with E-state index in [0.29, 0.717) is 19.0 Å². The molecule has 0 bridgehead atoms. The third-order valence-electron chi connectivity index (χ3n) is 5.51. The molecule has 0 saturated carbocycles. The Morgan fingerprint density at radius 2 is 1.97 bits per heavy atom. The molecule has 1 aromatic carbocycles. The number of benzene rings is 1. The van der Waals surface area contributed by atoms with Crippen LogP contribution in [0.4, 0.5) is 11.5 Å². The van der Waals surface area contributed by atoms with Gasteiger partial charge in [-0.05, 0) is 36.2 Å². The molecule has 0 atom stereocenters. The number of hydrazone groups is 1. The number of hydrogen-bond donors (Lipinski definition) is 1. The number of anilines is 2. The van der Waals surface area contributed by atoms with E-state index in [4.69, 9.17) is 14.8 Å². The Balaban J connectivity index is 1.48. The van der Waals surface area contributed by atoms with E-state index < -0.39 is 0 Å². The van der Waals surface area contributed by atoms with Gasteiger partial charge in [0.25, 0.3) is 0 Å². The Bertz CT molecular complexity index is 1310. The number of morpholine rings is 1. The van der Waals surface area contributed by atoms with Gasteiger partial charge < -0.3 is 9.64 Å². The van der Waals surface area contributed by atoms with Crippen molar-refractivity contribution in [1.29, 1.82) is 0 Å². The molecule has 0 amide bonds. The van der Waals surface area contributed by atoms with Gasteiger partial charge in [0.2, 0.25) is 0 Å². The highest BCUT2D eigenvalue weighted by Gasteiger charge is 2.18. The molecular weight excluding hydrogens is 414 g/mol. The topological polar surface area (TPSA) is 79.9 Å². The van der Waals surface area contributed by atoms with Crippen LogP contribution in [0, 0.1) is 0 Å². The highest BCUT2D eigenvalue weighted by Crippen LogP contribution is 2.27. The number of allylic oxidation sites excluding steroid dienone is 1. The molecule has 0 radical (unpaired) electrons. The van der Waals surface area contributed by atoms with Crippen LogP contribution in [0.15, 0.2) is 72.7 Å². The molecule has 1 fully saturated rings. The molecule has 8 nitrogen and oxygen atoms in total. The Morgan fingerprint density at radius 1 is 1.15 bits per heavy atom. The fourth-order valence-corrected chi connectivity index (χ4v) is 3.77. The van der Waals surface area contributed by atoms with Crippen molar-refractivity contribution < 1.29 is 4.74 Å². The summed E-state index contributed by atoms with van der Waals surface area (Å²) in [5.41, 5.74) is 9.81. The van der Waals surface area contributed by atoms with Gasteiger partial charge in [0.15, 0.2) is 11.5 Å². The molecule has 1 aliphatic heterocycles. The highest BCUT2D eigenvalue weighted by molar-refractivity contribution is 5.82.